The van der Waals surface area contributed by atoms with Crippen LogP contribution < -0.4 is 9.34 Å². The lowest BCUT2D eigenvalue weighted by atomic mass is 9.90. The van der Waals surface area contributed by atoms with Crippen LogP contribution in [0.4, 0.5) is 22.7 Å². The van der Waals surface area contributed by atoms with Crippen LogP contribution in [0.25, 0.3) is 32.7 Å². The zero-order valence-electron chi connectivity index (χ0n) is 21.0. The van der Waals surface area contributed by atoms with Gasteiger partial charge in [-0.2, -0.15) is 7.57 Å². The molecule has 3 radical (unpaired) electrons. The molecule has 6 aromatic carbocycles. The highest BCUT2D eigenvalue weighted by Gasteiger charge is 2.44. The highest BCUT2D eigenvalue weighted by molar-refractivity contribution is 7.96. The lowest BCUT2D eigenvalue weighted by Gasteiger charge is -2.49. The Bertz CT molecular complexity index is 1660. The van der Waals surface area contributed by atoms with Crippen molar-refractivity contribution in [1.82, 2.24) is 0 Å². The van der Waals surface area contributed by atoms with E-state index in [2.05, 4.69) is 131 Å². The summed E-state index contributed by atoms with van der Waals surface area (Å²) in [5, 5.41) is 4.73. The Morgan fingerprint density at radius 2 is 0.895 bits per heavy atom. The molecule has 181 valence electrons. The summed E-state index contributed by atoms with van der Waals surface area (Å²) in [7, 11) is 6.29. The molecule has 38 heavy (non-hydrogen) atoms. The minimum absolute atomic E-state index is 0.986. The first-order valence-electron chi connectivity index (χ1n) is 12.7. The first kappa shape index (κ1) is 23.0. The summed E-state index contributed by atoms with van der Waals surface area (Å²) in [4.78, 5) is 0. The second-order valence-electron chi connectivity index (χ2n) is 9.43. The van der Waals surface area contributed by atoms with E-state index in [1.807, 2.05) is 12.1 Å². The van der Waals surface area contributed by atoms with Gasteiger partial charge in [-0.25, -0.2) is 9.34 Å². The van der Waals surface area contributed by atoms with E-state index < -0.39 is 7.67 Å². The molecule has 0 saturated heterocycles. The number of anilines is 4. The number of benzene rings is 6. The highest BCUT2D eigenvalue weighted by Crippen LogP contribution is 2.73. The first-order chi connectivity index (χ1) is 18.7. The number of hydrogen-bond acceptors (Lipinski definition) is 3. The van der Waals surface area contributed by atoms with E-state index in [0.717, 1.165) is 33.9 Å². The molecule has 0 saturated carbocycles. The van der Waals surface area contributed by atoms with Crippen molar-refractivity contribution in [3.05, 3.63) is 133 Å². The third-order valence-electron chi connectivity index (χ3n) is 7.36. The molecule has 0 bridgehead atoms. The molecule has 0 N–H and O–H groups in total. The number of fused-ring (bicyclic) bond motifs is 7. The zero-order chi connectivity index (χ0) is 25.7. The van der Waals surface area contributed by atoms with Crippen LogP contribution >= 0.6 is 7.67 Å². The Labute approximate surface area is 224 Å². The third-order valence-corrected chi connectivity index (χ3v) is 9.94. The predicted molar refractivity (Wildman–Crippen MR) is 164 cm³/mol. The standard InChI is InChI=1S/C33H25BN2OP/c1-37-38(34)35(26-14-4-2-5-15-26)30-22-20-24-12-8-10-18-28(24)32(30)33-29-19-11-9-13-25(29)21-23-31(33)36(38)27-16-6-3-7-17-27/h2-23H,1H3. The van der Waals surface area contributed by atoms with Gasteiger partial charge in [-0.3, -0.25) is 4.52 Å². The van der Waals surface area contributed by atoms with Crippen LogP contribution in [-0.2, 0) is 4.52 Å². The van der Waals surface area contributed by atoms with E-state index in [-0.39, 0.29) is 0 Å². The predicted octanol–water partition coefficient (Wildman–Crippen LogP) is 9.44. The van der Waals surface area contributed by atoms with E-state index in [0.29, 0.717) is 0 Å². The van der Waals surface area contributed by atoms with Crippen LogP contribution in [0.3, 0.4) is 0 Å². The molecule has 0 atom stereocenters. The maximum absolute atomic E-state index is 7.57. The summed E-state index contributed by atoms with van der Waals surface area (Å²) in [5.41, 5.74) is 6.35. The van der Waals surface area contributed by atoms with Gasteiger partial charge in [0.15, 0.2) is 0 Å². The van der Waals surface area contributed by atoms with Crippen LogP contribution in [0.5, 0.6) is 0 Å². The molecule has 0 amide bonds. The molecule has 1 aliphatic rings. The Hall–Kier alpha value is -4.11. The van der Waals surface area contributed by atoms with Gasteiger partial charge in [-0.05, 0) is 57.9 Å². The van der Waals surface area contributed by atoms with Crippen molar-refractivity contribution in [2.45, 2.75) is 0 Å². The number of hydrogen-bond donors (Lipinski definition) is 0. The van der Waals surface area contributed by atoms with Gasteiger partial charge < -0.3 is 0 Å². The van der Waals surface area contributed by atoms with Gasteiger partial charge in [-0.15, -0.1) is 0 Å². The monoisotopic (exact) mass is 507 g/mol. The molecule has 1 aliphatic heterocycles. The Balaban J connectivity index is 1.72. The van der Waals surface area contributed by atoms with Crippen LogP contribution in [0.2, 0.25) is 0 Å². The highest BCUT2D eigenvalue weighted by atomic mass is 31.2. The maximum atomic E-state index is 7.57. The molecule has 0 fully saturated rings. The van der Waals surface area contributed by atoms with Crippen molar-refractivity contribution in [3.8, 4) is 11.1 Å². The lowest BCUT2D eigenvalue weighted by Crippen LogP contribution is -2.31. The Morgan fingerprint density at radius 1 is 0.500 bits per heavy atom. The van der Waals surface area contributed by atoms with E-state index in [1.165, 1.54) is 21.5 Å². The Kier molecular flexibility index (Phi) is 5.47. The smallest absolute Gasteiger partial charge is 0.0873 e. The van der Waals surface area contributed by atoms with E-state index in [9.17, 15) is 0 Å². The SMILES string of the molecule is [B-][P+]1(OC)N(c2ccccc2)c2ccc3ccccc3c2-c2c(ccc3ccccc23)N1c1ccccc1. The molecular formula is C33H25BN2OP. The summed E-state index contributed by atoms with van der Waals surface area (Å²) in [5.74, 6) is 0. The van der Waals surface area contributed by atoms with E-state index in [1.54, 1.807) is 7.11 Å². The van der Waals surface area contributed by atoms with E-state index >= 15 is 0 Å². The second kappa shape index (κ2) is 9.02. The minimum Gasteiger partial charge on any atom is -0.251 e. The zero-order valence-corrected chi connectivity index (χ0v) is 21.9. The molecule has 6 aromatic rings. The molecule has 1 heterocycles. The van der Waals surface area contributed by atoms with Gasteiger partial charge >= 0.3 is 0 Å². The molecule has 0 spiro atoms. The van der Waals surface area contributed by atoms with Crippen molar-refractivity contribution in [2.75, 3.05) is 16.5 Å². The third kappa shape index (κ3) is 3.38. The van der Waals surface area contributed by atoms with Crippen LogP contribution in [-0.4, -0.2) is 14.7 Å². The van der Waals surface area contributed by atoms with Crippen LogP contribution in [0.1, 0.15) is 0 Å². The number of rotatable bonds is 3. The molecule has 0 aliphatic carbocycles. The van der Waals surface area contributed by atoms with E-state index in [4.69, 9.17) is 12.1 Å². The van der Waals surface area contributed by atoms with Crippen molar-refractivity contribution in [1.29, 1.82) is 0 Å². The van der Waals surface area contributed by atoms with Gasteiger partial charge in [0.25, 0.3) is 0 Å². The number of nitrogens with zero attached hydrogens (tertiary/aromatic N) is 2. The molecule has 0 aromatic heterocycles. The molecular weight excluding hydrogens is 482 g/mol. The van der Waals surface area contributed by atoms with Crippen LogP contribution in [0, 0.1) is 0 Å². The van der Waals surface area contributed by atoms with Crippen molar-refractivity contribution in [2.24, 2.45) is 0 Å². The summed E-state index contributed by atoms with van der Waals surface area (Å²) < 4.78 is 10.9. The van der Waals surface area contributed by atoms with Gasteiger partial charge in [-0.1, -0.05) is 97.1 Å². The van der Waals surface area contributed by atoms with Gasteiger partial charge in [0.05, 0.1) is 37.5 Å². The largest absolute Gasteiger partial charge is 0.251 e. The van der Waals surface area contributed by atoms with Crippen molar-refractivity contribution < 1.29 is 4.52 Å². The first-order valence-corrected chi connectivity index (χ1v) is 14.4. The lowest BCUT2D eigenvalue weighted by molar-refractivity contribution is 0.455. The van der Waals surface area contributed by atoms with Gasteiger partial charge in [0.2, 0.25) is 0 Å². The Morgan fingerprint density at radius 3 is 1.32 bits per heavy atom. The fraction of sp³-hybridized carbons (Fsp3) is 0.0303. The normalized spacial score (nSPS) is 14.3. The van der Waals surface area contributed by atoms with Crippen LogP contribution in [0.15, 0.2) is 133 Å². The molecule has 5 heteroatoms. The minimum atomic E-state index is -3.01. The van der Waals surface area contributed by atoms with Gasteiger partial charge in [0.1, 0.15) is 0 Å². The molecule has 3 nitrogen and oxygen atoms in total. The fourth-order valence-corrected chi connectivity index (χ4v) is 8.09. The van der Waals surface area contributed by atoms with Crippen molar-refractivity contribution >= 4 is 59.5 Å². The molecule has 0 unspecified atom stereocenters. The average Bonchev–Trinajstić information content (AvgIpc) is 3.08. The summed E-state index contributed by atoms with van der Waals surface area (Å²) >= 11 is 0. The summed E-state index contributed by atoms with van der Waals surface area (Å²) in [6, 6.07) is 46.7. The maximum Gasteiger partial charge on any atom is 0.0873 e. The number of para-hydroxylation sites is 2. The average molecular weight is 507 g/mol. The second-order valence-corrected chi connectivity index (χ2v) is 11.8. The van der Waals surface area contributed by atoms with Gasteiger partial charge in [0, 0.05) is 11.1 Å². The summed E-state index contributed by atoms with van der Waals surface area (Å²) in [6.45, 7) is 0. The topological polar surface area (TPSA) is 15.7 Å². The quantitative estimate of drug-likeness (QED) is 0.175. The molecule has 7 rings (SSSR count). The fourth-order valence-electron chi connectivity index (χ4n) is 5.71. The van der Waals surface area contributed by atoms with Crippen molar-refractivity contribution in [3.63, 3.8) is 0 Å². The summed E-state index contributed by atoms with van der Waals surface area (Å²) in [6.07, 6.45) is 0.